The van der Waals surface area contributed by atoms with Crippen LogP contribution in [0.25, 0.3) is 0 Å². The van der Waals surface area contributed by atoms with Crippen molar-refractivity contribution in [1.82, 2.24) is 4.57 Å². The molecule has 0 amide bonds. The van der Waals surface area contributed by atoms with Gasteiger partial charge in [-0.3, -0.25) is 4.79 Å². The van der Waals surface area contributed by atoms with Gasteiger partial charge in [0.25, 0.3) is 5.56 Å². The number of nitrogens with zero attached hydrogens (tertiary/aromatic N) is 1. The van der Waals surface area contributed by atoms with Gasteiger partial charge in [-0.1, -0.05) is 0 Å². The van der Waals surface area contributed by atoms with Gasteiger partial charge in [0.05, 0.1) is 12.1 Å². The summed E-state index contributed by atoms with van der Waals surface area (Å²) in [5.41, 5.74) is 0.739. The Morgan fingerprint density at radius 2 is 2.05 bits per heavy atom. The van der Waals surface area contributed by atoms with Crippen LogP contribution in [-0.2, 0) is 6.54 Å². The van der Waals surface area contributed by atoms with Crippen LogP contribution in [0.5, 0.6) is 0 Å². The smallest absolute Gasteiger partial charge is 0.335 e. The molecule has 0 bridgehead atoms. The van der Waals surface area contributed by atoms with Crippen LogP contribution >= 0.6 is 0 Å². The molecule has 0 aliphatic heterocycles. The highest BCUT2D eigenvalue weighted by atomic mass is 19.1. The Morgan fingerprint density at radius 3 is 2.68 bits per heavy atom. The van der Waals surface area contributed by atoms with Crippen LogP contribution in [0.2, 0.25) is 0 Å². The molecule has 1 N–H and O–H groups in total. The maximum absolute atomic E-state index is 13.6. The molecule has 0 aliphatic carbocycles. The van der Waals surface area contributed by atoms with E-state index < -0.39 is 11.8 Å². The number of aromatic carboxylic acids is 1. The average Bonchev–Trinajstić information content (AvgIpc) is 2.34. The molecule has 0 fully saturated rings. The normalized spacial score (nSPS) is 10.4. The van der Waals surface area contributed by atoms with Gasteiger partial charge >= 0.3 is 5.97 Å². The van der Waals surface area contributed by atoms with Crippen molar-refractivity contribution < 1.29 is 14.3 Å². The summed E-state index contributed by atoms with van der Waals surface area (Å²) in [7, 11) is 0. The summed E-state index contributed by atoms with van der Waals surface area (Å²) in [6.07, 6.45) is 1.56. The van der Waals surface area contributed by atoms with Crippen LogP contribution in [0.3, 0.4) is 0 Å². The van der Waals surface area contributed by atoms with Crippen LogP contribution in [0, 0.1) is 12.7 Å². The van der Waals surface area contributed by atoms with Crippen LogP contribution in [0.1, 0.15) is 21.5 Å². The third-order valence-corrected chi connectivity index (χ3v) is 2.78. The number of aromatic nitrogens is 1. The van der Waals surface area contributed by atoms with Gasteiger partial charge in [-0.05, 0) is 36.8 Å². The molecule has 0 saturated carbocycles. The maximum atomic E-state index is 13.6. The molecule has 0 saturated heterocycles. The standard InChI is InChI=1S/C14H12FNO3/c1-9-4-5-16(13(17)6-9)8-11-7-10(14(18)19)2-3-12(11)15/h2-7H,8H2,1H3,(H,18,19). The van der Waals surface area contributed by atoms with Crippen LogP contribution in [-0.4, -0.2) is 15.6 Å². The molecule has 2 rings (SSSR count). The van der Waals surface area contributed by atoms with Gasteiger partial charge in [0, 0.05) is 17.8 Å². The first-order valence-corrected chi connectivity index (χ1v) is 5.66. The van der Waals surface area contributed by atoms with Gasteiger partial charge in [0.2, 0.25) is 0 Å². The quantitative estimate of drug-likeness (QED) is 0.919. The molecule has 4 nitrogen and oxygen atoms in total. The number of benzene rings is 1. The third-order valence-electron chi connectivity index (χ3n) is 2.78. The first kappa shape index (κ1) is 13.0. The van der Waals surface area contributed by atoms with E-state index in [0.717, 1.165) is 11.6 Å². The molecule has 98 valence electrons. The van der Waals surface area contributed by atoms with E-state index in [4.69, 9.17) is 5.11 Å². The number of aryl methyl sites for hydroxylation is 1. The summed E-state index contributed by atoms with van der Waals surface area (Å²) in [4.78, 5) is 22.5. The lowest BCUT2D eigenvalue weighted by Gasteiger charge is -2.08. The third kappa shape index (κ3) is 2.88. The second-order valence-electron chi connectivity index (χ2n) is 4.28. The van der Waals surface area contributed by atoms with Gasteiger partial charge in [-0.2, -0.15) is 0 Å². The second-order valence-corrected chi connectivity index (χ2v) is 4.28. The molecule has 2 aromatic rings. The molecule has 1 aromatic heterocycles. The summed E-state index contributed by atoms with van der Waals surface area (Å²) >= 11 is 0. The van der Waals surface area contributed by atoms with Gasteiger partial charge in [0.15, 0.2) is 0 Å². The van der Waals surface area contributed by atoms with E-state index in [0.29, 0.717) is 0 Å². The van der Waals surface area contributed by atoms with E-state index in [1.165, 1.54) is 22.8 Å². The monoisotopic (exact) mass is 261 g/mol. The lowest BCUT2D eigenvalue weighted by atomic mass is 10.1. The van der Waals surface area contributed by atoms with E-state index in [1.807, 2.05) is 0 Å². The minimum absolute atomic E-state index is 0.00318. The Balaban J connectivity index is 2.40. The highest BCUT2D eigenvalue weighted by Crippen LogP contribution is 2.12. The topological polar surface area (TPSA) is 59.3 Å². The Hall–Kier alpha value is -2.43. The van der Waals surface area contributed by atoms with Crippen molar-refractivity contribution >= 4 is 5.97 Å². The first-order valence-electron chi connectivity index (χ1n) is 5.66. The highest BCUT2D eigenvalue weighted by molar-refractivity contribution is 5.87. The van der Waals surface area contributed by atoms with E-state index in [2.05, 4.69) is 0 Å². The zero-order valence-corrected chi connectivity index (χ0v) is 10.3. The minimum Gasteiger partial charge on any atom is -0.478 e. The number of pyridine rings is 1. The molecule has 0 radical (unpaired) electrons. The van der Waals surface area contributed by atoms with E-state index in [1.54, 1.807) is 19.2 Å². The Kier molecular flexibility index (Phi) is 3.46. The molecule has 1 aromatic carbocycles. The summed E-state index contributed by atoms with van der Waals surface area (Å²) in [6, 6.07) is 6.71. The number of halogens is 1. The number of hydrogen-bond donors (Lipinski definition) is 1. The molecular weight excluding hydrogens is 249 g/mol. The summed E-state index contributed by atoms with van der Waals surface area (Å²) in [6.45, 7) is 1.80. The predicted octanol–water partition coefficient (Wildman–Crippen LogP) is 2.04. The second kappa shape index (κ2) is 5.06. The lowest BCUT2D eigenvalue weighted by molar-refractivity contribution is 0.0696. The molecule has 19 heavy (non-hydrogen) atoms. The van der Waals surface area contributed by atoms with Gasteiger partial charge < -0.3 is 9.67 Å². The Bertz CT molecular complexity index is 691. The highest BCUT2D eigenvalue weighted by Gasteiger charge is 2.09. The molecule has 0 aliphatic rings. The fraction of sp³-hybridized carbons (Fsp3) is 0.143. The van der Waals surface area contributed by atoms with Crippen molar-refractivity contribution in [3.05, 3.63) is 69.4 Å². The number of carboxylic acids is 1. The Morgan fingerprint density at radius 1 is 1.32 bits per heavy atom. The average molecular weight is 261 g/mol. The van der Waals surface area contributed by atoms with Crippen molar-refractivity contribution in [3.8, 4) is 0 Å². The zero-order valence-electron chi connectivity index (χ0n) is 10.3. The van der Waals surface area contributed by atoms with Crippen LogP contribution < -0.4 is 5.56 Å². The molecule has 1 heterocycles. The van der Waals surface area contributed by atoms with Crippen molar-refractivity contribution in [1.29, 1.82) is 0 Å². The molecule has 0 unspecified atom stereocenters. The van der Waals surface area contributed by atoms with E-state index >= 15 is 0 Å². The summed E-state index contributed by atoms with van der Waals surface area (Å²) in [5, 5.41) is 8.87. The first-order chi connectivity index (χ1) is 8.97. The van der Waals surface area contributed by atoms with Crippen molar-refractivity contribution in [2.24, 2.45) is 0 Å². The summed E-state index contributed by atoms with van der Waals surface area (Å²) < 4.78 is 15.0. The number of rotatable bonds is 3. The van der Waals surface area contributed by atoms with E-state index in [-0.39, 0.29) is 23.2 Å². The SMILES string of the molecule is Cc1ccn(Cc2cc(C(=O)O)ccc2F)c(=O)c1. The van der Waals surface area contributed by atoms with E-state index in [9.17, 15) is 14.0 Å². The fourth-order valence-electron chi connectivity index (χ4n) is 1.75. The predicted molar refractivity (Wildman–Crippen MR) is 67.9 cm³/mol. The van der Waals surface area contributed by atoms with Gasteiger partial charge in [-0.15, -0.1) is 0 Å². The molecule has 0 atom stereocenters. The van der Waals surface area contributed by atoms with Gasteiger partial charge in [-0.25, -0.2) is 9.18 Å². The van der Waals surface area contributed by atoms with Crippen molar-refractivity contribution in [2.45, 2.75) is 13.5 Å². The molecule has 0 spiro atoms. The molecule has 5 heteroatoms. The maximum Gasteiger partial charge on any atom is 0.335 e. The fourth-order valence-corrected chi connectivity index (χ4v) is 1.75. The number of carbonyl (C=O) groups is 1. The van der Waals surface area contributed by atoms with Crippen molar-refractivity contribution in [2.75, 3.05) is 0 Å². The van der Waals surface area contributed by atoms with Crippen LogP contribution in [0.15, 0.2) is 41.3 Å². The van der Waals surface area contributed by atoms with Crippen molar-refractivity contribution in [3.63, 3.8) is 0 Å². The van der Waals surface area contributed by atoms with Gasteiger partial charge in [0.1, 0.15) is 5.82 Å². The Labute approximate surface area is 108 Å². The lowest BCUT2D eigenvalue weighted by Crippen LogP contribution is -2.20. The molecular formula is C14H12FNO3. The number of carboxylic acid groups (broad SMARTS) is 1. The van der Waals surface area contributed by atoms with Crippen LogP contribution in [0.4, 0.5) is 4.39 Å². The minimum atomic E-state index is -1.13. The summed E-state index contributed by atoms with van der Waals surface area (Å²) in [5.74, 6) is -1.66. The largest absolute Gasteiger partial charge is 0.478 e. The number of hydrogen-bond acceptors (Lipinski definition) is 2. The zero-order chi connectivity index (χ0) is 14.0.